The first kappa shape index (κ1) is 10.2. The summed E-state index contributed by atoms with van der Waals surface area (Å²) in [5.41, 5.74) is 0.00174. The Hall–Kier alpha value is -0.900. The lowest BCUT2D eigenvalue weighted by atomic mass is 10.1. The van der Waals surface area contributed by atoms with E-state index in [-0.39, 0.29) is 22.4 Å². The van der Waals surface area contributed by atoms with E-state index in [1.54, 1.807) is 6.07 Å². The molecule has 1 rings (SSSR count). The van der Waals surface area contributed by atoms with Crippen molar-refractivity contribution in [1.82, 2.24) is 0 Å². The van der Waals surface area contributed by atoms with Crippen molar-refractivity contribution in [2.24, 2.45) is 0 Å². The summed E-state index contributed by atoms with van der Waals surface area (Å²) >= 11 is 2.98. The fraction of sp³-hybridized carbons (Fsp3) is 0.222. The molecule has 0 aliphatic rings. The first-order valence-corrected chi connectivity index (χ1v) is 4.74. The average Bonchev–Trinajstić information content (AvgIpc) is 2.16. The Morgan fingerprint density at radius 3 is 2.85 bits per heavy atom. The van der Waals surface area contributed by atoms with Crippen molar-refractivity contribution >= 4 is 21.7 Å². The standard InChI is InChI=1S/C9H8BrFO2/c1-13-8-4-2-3-6(11)9(8)7(12)5-10/h2-4H,5H2,1H3. The Kier molecular flexibility index (Phi) is 3.42. The number of ketones is 1. The van der Waals surface area contributed by atoms with Gasteiger partial charge in [0.05, 0.1) is 18.0 Å². The molecule has 0 heterocycles. The number of benzene rings is 1. The highest BCUT2D eigenvalue weighted by Gasteiger charge is 2.15. The van der Waals surface area contributed by atoms with E-state index < -0.39 is 5.82 Å². The second-order valence-corrected chi connectivity index (χ2v) is 2.93. The highest BCUT2D eigenvalue weighted by molar-refractivity contribution is 9.09. The van der Waals surface area contributed by atoms with Crippen molar-refractivity contribution in [3.63, 3.8) is 0 Å². The largest absolute Gasteiger partial charge is 0.496 e. The lowest BCUT2D eigenvalue weighted by Gasteiger charge is -2.06. The Bertz CT molecular complexity index is 325. The van der Waals surface area contributed by atoms with E-state index in [4.69, 9.17) is 4.74 Å². The second-order valence-electron chi connectivity index (χ2n) is 2.37. The molecule has 0 aliphatic carbocycles. The maximum absolute atomic E-state index is 13.2. The average molecular weight is 247 g/mol. The molecule has 4 heteroatoms. The number of methoxy groups -OCH3 is 1. The third-order valence-corrected chi connectivity index (χ3v) is 2.10. The van der Waals surface area contributed by atoms with Gasteiger partial charge < -0.3 is 4.74 Å². The van der Waals surface area contributed by atoms with Crippen LogP contribution in [-0.2, 0) is 0 Å². The van der Waals surface area contributed by atoms with Crippen molar-refractivity contribution in [3.8, 4) is 5.75 Å². The van der Waals surface area contributed by atoms with Gasteiger partial charge in [-0.2, -0.15) is 0 Å². The van der Waals surface area contributed by atoms with E-state index in [2.05, 4.69) is 15.9 Å². The van der Waals surface area contributed by atoms with E-state index in [9.17, 15) is 9.18 Å². The first-order chi connectivity index (χ1) is 6.20. The summed E-state index contributed by atoms with van der Waals surface area (Å²) in [5, 5.41) is 0.0876. The Balaban J connectivity index is 3.22. The summed E-state index contributed by atoms with van der Waals surface area (Å²) in [4.78, 5) is 11.2. The van der Waals surface area contributed by atoms with Gasteiger partial charge >= 0.3 is 0 Å². The molecule has 0 spiro atoms. The van der Waals surface area contributed by atoms with Crippen LogP contribution in [0.15, 0.2) is 18.2 Å². The fourth-order valence-electron chi connectivity index (χ4n) is 1.01. The van der Waals surface area contributed by atoms with Crippen molar-refractivity contribution in [2.45, 2.75) is 0 Å². The van der Waals surface area contributed by atoms with Gasteiger partial charge in [0, 0.05) is 0 Å². The van der Waals surface area contributed by atoms with Crippen LogP contribution in [0.5, 0.6) is 5.75 Å². The monoisotopic (exact) mass is 246 g/mol. The summed E-state index contributed by atoms with van der Waals surface area (Å²) in [6.45, 7) is 0. The van der Waals surface area contributed by atoms with Crippen molar-refractivity contribution < 1.29 is 13.9 Å². The maximum Gasteiger partial charge on any atom is 0.180 e. The van der Waals surface area contributed by atoms with Crippen LogP contribution in [0.25, 0.3) is 0 Å². The van der Waals surface area contributed by atoms with Crippen LogP contribution in [0.2, 0.25) is 0 Å². The molecule has 1 aromatic carbocycles. The molecular weight excluding hydrogens is 239 g/mol. The zero-order valence-electron chi connectivity index (χ0n) is 7.01. The van der Waals surface area contributed by atoms with Crippen LogP contribution in [0.3, 0.4) is 0 Å². The van der Waals surface area contributed by atoms with Gasteiger partial charge in [-0.1, -0.05) is 22.0 Å². The Morgan fingerprint density at radius 1 is 1.62 bits per heavy atom. The van der Waals surface area contributed by atoms with Crippen molar-refractivity contribution in [2.75, 3.05) is 12.4 Å². The lowest BCUT2D eigenvalue weighted by molar-refractivity contribution is 0.101. The van der Waals surface area contributed by atoms with Gasteiger partial charge in [0.25, 0.3) is 0 Å². The van der Waals surface area contributed by atoms with E-state index in [0.717, 1.165) is 0 Å². The van der Waals surface area contributed by atoms with E-state index in [1.807, 2.05) is 0 Å². The molecule has 0 aromatic heterocycles. The molecule has 0 bridgehead atoms. The lowest BCUT2D eigenvalue weighted by Crippen LogP contribution is -2.05. The number of Topliss-reactive ketones (excluding diaryl/α,β-unsaturated/α-hetero) is 1. The summed E-state index contributed by atoms with van der Waals surface area (Å²) in [6.07, 6.45) is 0. The topological polar surface area (TPSA) is 26.3 Å². The minimum Gasteiger partial charge on any atom is -0.496 e. The van der Waals surface area contributed by atoms with Gasteiger partial charge in [-0.3, -0.25) is 4.79 Å². The second kappa shape index (κ2) is 4.37. The van der Waals surface area contributed by atoms with Crippen LogP contribution in [0.4, 0.5) is 4.39 Å². The maximum atomic E-state index is 13.2. The van der Waals surface area contributed by atoms with E-state index >= 15 is 0 Å². The van der Waals surface area contributed by atoms with Crippen LogP contribution >= 0.6 is 15.9 Å². The highest BCUT2D eigenvalue weighted by Crippen LogP contribution is 2.21. The van der Waals surface area contributed by atoms with Crippen LogP contribution in [0.1, 0.15) is 10.4 Å². The summed E-state index contributed by atoms with van der Waals surface area (Å²) in [5.74, 6) is -0.608. The molecule has 13 heavy (non-hydrogen) atoms. The third kappa shape index (κ3) is 2.06. The van der Waals surface area contributed by atoms with Gasteiger partial charge in [-0.15, -0.1) is 0 Å². The third-order valence-electron chi connectivity index (χ3n) is 1.60. The molecule has 0 aliphatic heterocycles. The number of hydrogen-bond donors (Lipinski definition) is 0. The molecule has 0 radical (unpaired) electrons. The molecule has 0 fully saturated rings. The predicted molar refractivity (Wildman–Crippen MR) is 51.1 cm³/mol. The van der Waals surface area contributed by atoms with Gasteiger partial charge in [-0.25, -0.2) is 4.39 Å². The number of ether oxygens (including phenoxy) is 1. The summed E-state index contributed by atoms with van der Waals surface area (Å²) < 4.78 is 18.0. The number of halogens is 2. The van der Waals surface area contributed by atoms with E-state index in [0.29, 0.717) is 0 Å². The minimum atomic E-state index is -0.552. The molecule has 70 valence electrons. The normalized spacial score (nSPS) is 9.77. The predicted octanol–water partition coefficient (Wildman–Crippen LogP) is 2.41. The first-order valence-electron chi connectivity index (χ1n) is 3.62. The van der Waals surface area contributed by atoms with Crippen LogP contribution in [-0.4, -0.2) is 18.2 Å². The number of rotatable bonds is 3. The zero-order chi connectivity index (χ0) is 9.84. The van der Waals surface area contributed by atoms with Gasteiger partial charge in [0.15, 0.2) is 5.78 Å². The number of carbonyl (C=O) groups excluding carboxylic acids is 1. The van der Waals surface area contributed by atoms with Crippen molar-refractivity contribution in [1.29, 1.82) is 0 Å². The summed E-state index contributed by atoms with van der Waals surface area (Å²) in [6, 6.07) is 4.29. The smallest absolute Gasteiger partial charge is 0.180 e. The highest BCUT2D eigenvalue weighted by atomic mass is 79.9. The Morgan fingerprint density at radius 2 is 2.31 bits per heavy atom. The van der Waals surface area contributed by atoms with Crippen molar-refractivity contribution in [3.05, 3.63) is 29.6 Å². The molecule has 0 amide bonds. The number of hydrogen-bond acceptors (Lipinski definition) is 2. The van der Waals surface area contributed by atoms with Gasteiger partial charge in [0.2, 0.25) is 0 Å². The molecule has 0 saturated carbocycles. The van der Waals surface area contributed by atoms with Gasteiger partial charge in [0.1, 0.15) is 11.6 Å². The van der Waals surface area contributed by atoms with Gasteiger partial charge in [-0.05, 0) is 12.1 Å². The molecule has 1 aromatic rings. The fourth-order valence-corrected chi connectivity index (χ4v) is 1.29. The molecule has 0 N–H and O–H groups in total. The number of carbonyl (C=O) groups is 1. The number of alkyl halides is 1. The Labute approximate surface area is 83.8 Å². The molecular formula is C9H8BrFO2. The SMILES string of the molecule is COc1cccc(F)c1C(=O)CBr. The minimum absolute atomic E-state index is 0.00174. The zero-order valence-corrected chi connectivity index (χ0v) is 8.60. The van der Waals surface area contributed by atoms with E-state index in [1.165, 1.54) is 19.2 Å². The summed E-state index contributed by atoms with van der Waals surface area (Å²) in [7, 11) is 1.40. The van der Waals surface area contributed by atoms with Crippen LogP contribution in [0, 0.1) is 5.82 Å². The quantitative estimate of drug-likeness (QED) is 0.605. The molecule has 0 unspecified atom stereocenters. The molecule has 0 atom stereocenters. The molecule has 0 saturated heterocycles. The molecule has 2 nitrogen and oxygen atoms in total. The van der Waals surface area contributed by atoms with Crippen LogP contribution < -0.4 is 4.74 Å².